The van der Waals surface area contributed by atoms with Crippen molar-refractivity contribution in [1.82, 2.24) is 5.32 Å². The van der Waals surface area contributed by atoms with E-state index in [1.807, 2.05) is 0 Å². The molecule has 3 aliphatic rings. The van der Waals surface area contributed by atoms with Crippen molar-refractivity contribution < 1.29 is 14.3 Å². The Labute approximate surface area is 57.2 Å². The summed E-state index contributed by atoms with van der Waals surface area (Å²) >= 11 is 0. The van der Waals surface area contributed by atoms with Gasteiger partial charge in [0.1, 0.15) is 11.2 Å². The second-order valence-electron chi connectivity index (χ2n) is 3.25. The third kappa shape index (κ3) is 0.502. The fraction of sp³-hybridized carbons (Fsp3) is 0.833. The van der Waals surface area contributed by atoms with E-state index in [1.165, 1.54) is 0 Å². The summed E-state index contributed by atoms with van der Waals surface area (Å²) in [4.78, 5) is 10.5. The van der Waals surface area contributed by atoms with Crippen LogP contribution in [0.1, 0.15) is 12.8 Å². The molecule has 1 saturated carbocycles. The quantitative estimate of drug-likeness (QED) is 0.542. The van der Waals surface area contributed by atoms with Crippen molar-refractivity contribution in [2.75, 3.05) is 6.54 Å². The maximum Gasteiger partial charge on any atom is 0.324 e. The lowest BCUT2D eigenvalue weighted by Gasteiger charge is -2.37. The molecule has 2 heterocycles. The van der Waals surface area contributed by atoms with Gasteiger partial charge in [-0.3, -0.25) is 10.1 Å². The highest BCUT2D eigenvalue weighted by Gasteiger charge is 2.66. The molecule has 2 aliphatic heterocycles. The molecular formula is C6H8FNO2. The molecule has 4 heteroatoms. The van der Waals surface area contributed by atoms with Crippen LogP contribution in [0.25, 0.3) is 0 Å². The van der Waals surface area contributed by atoms with Crippen molar-refractivity contribution in [2.45, 2.75) is 24.0 Å². The van der Waals surface area contributed by atoms with Gasteiger partial charge < -0.3 is 5.11 Å². The first-order valence-corrected chi connectivity index (χ1v) is 3.24. The van der Waals surface area contributed by atoms with Crippen molar-refractivity contribution in [1.29, 1.82) is 0 Å². The Bertz CT molecular complexity index is 198. The zero-order valence-corrected chi connectivity index (χ0v) is 5.35. The molecule has 0 aromatic rings. The molecule has 2 bridgehead atoms. The van der Waals surface area contributed by atoms with Crippen molar-refractivity contribution >= 4 is 5.97 Å². The molecule has 10 heavy (non-hydrogen) atoms. The Morgan fingerprint density at radius 3 is 2.40 bits per heavy atom. The fourth-order valence-corrected chi connectivity index (χ4v) is 1.83. The number of hydrogen-bond acceptors (Lipinski definition) is 2. The van der Waals surface area contributed by atoms with E-state index in [1.54, 1.807) is 0 Å². The zero-order chi connectivity index (χ0) is 7.41. The van der Waals surface area contributed by atoms with E-state index < -0.39 is 17.2 Å². The van der Waals surface area contributed by atoms with Gasteiger partial charge in [0.15, 0.2) is 0 Å². The van der Waals surface area contributed by atoms with Gasteiger partial charge in [0.2, 0.25) is 0 Å². The van der Waals surface area contributed by atoms with Crippen LogP contribution in [-0.4, -0.2) is 28.8 Å². The average molecular weight is 145 g/mol. The highest BCUT2D eigenvalue weighted by molar-refractivity contribution is 5.82. The first-order chi connectivity index (χ1) is 4.56. The third-order valence-electron chi connectivity index (χ3n) is 2.39. The molecule has 56 valence electrons. The predicted molar refractivity (Wildman–Crippen MR) is 31.4 cm³/mol. The molecule has 0 radical (unpaired) electrons. The van der Waals surface area contributed by atoms with Crippen LogP contribution in [0.5, 0.6) is 0 Å². The average Bonchev–Trinajstić information content (AvgIpc) is 2.19. The number of nitrogens with one attached hydrogen (secondary N) is 1. The molecule has 1 aliphatic carbocycles. The Morgan fingerprint density at radius 1 is 1.60 bits per heavy atom. The molecule has 2 N–H and O–H groups in total. The molecule has 0 unspecified atom stereocenters. The third-order valence-corrected chi connectivity index (χ3v) is 2.39. The van der Waals surface area contributed by atoms with E-state index in [9.17, 15) is 9.18 Å². The van der Waals surface area contributed by atoms with E-state index in [0.717, 1.165) is 0 Å². The van der Waals surface area contributed by atoms with Gasteiger partial charge in [-0.1, -0.05) is 0 Å². The van der Waals surface area contributed by atoms with Gasteiger partial charge >= 0.3 is 5.97 Å². The number of rotatable bonds is 1. The first-order valence-electron chi connectivity index (χ1n) is 3.24. The maximum absolute atomic E-state index is 13.0. The summed E-state index contributed by atoms with van der Waals surface area (Å²) in [6.07, 6.45) is 0.296. The van der Waals surface area contributed by atoms with E-state index >= 15 is 0 Å². The van der Waals surface area contributed by atoms with Gasteiger partial charge in [-0.25, -0.2) is 4.39 Å². The standard InChI is InChI=1S/C6H8FNO2/c7-5-1-6(2-5,4(9)10)8-3-5/h8H,1-3H2,(H,9,10). The van der Waals surface area contributed by atoms with Crippen molar-refractivity contribution in [3.8, 4) is 0 Å². The number of aliphatic carboxylic acids is 1. The van der Waals surface area contributed by atoms with E-state index in [4.69, 9.17) is 5.11 Å². The second-order valence-corrected chi connectivity index (χ2v) is 3.25. The van der Waals surface area contributed by atoms with E-state index in [2.05, 4.69) is 5.32 Å². The molecule has 0 atom stereocenters. The Hall–Kier alpha value is -0.640. The monoisotopic (exact) mass is 145 g/mol. The van der Waals surface area contributed by atoms with Crippen molar-refractivity contribution in [3.05, 3.63) is 0 Å². The lowest BCUT2D eigenvalue weighted by molar-refractivity contribution is -0.150. The SMILES string of the molecule is O=C(O)C12CC(F)(CN1)C2. The maximum atomic E-state index is 13.0. The van der Waals surface area contributed by atoms with Crippen molar-refractivity contribution in [2.24, 2.45) is 0 Å². The summed E-state index contributed by atoms with van der Waals surface area (Å²) < 4.78 is 13.0. The summed E-state index contributed by atoms with van der Waals surface area (Å²) in [7, 11) is 0. The van der Waals surface area contributed by atoms with Gasteiger partial charge in [-0.2, -0.15) is 0 Å². The molecule has 3 nitrogen and oxygen atoms in total. The zero-order valence-electron chi connectivity index (χ0n) is 5.35. The van der Waals surface area contributed by atoms with Crippen molar-refractivity contribution in [3.63, 3.8) is 0 Å². The minimum atomic E-state index is -1.21. The number of hydrogen-bond donors (Lipinski definition) is 2. The van der Waals surface area contributed by atoms with Gasteiger partial charge in [0.25, 0.3) is 0 Å². The largest absolute Gasteiger partial charge is 0.480 e. The summed E-state index contributed by atoms with van der Waals surface area (Å²) in [6.45, 7) is 0.208. The Balaban J connectivity index is 2.20. The van der Waals surface area contributed by atoms with Crippen LogP contribution >= 0.6 is 0 Å². The molecular weight excluding hydrogens is 137 g/mol. The highest BCUT2D eigenvalue weighted by atomic mass is 19.1. The minimum absolute atomic E-state index is 0.148. The summed E-state index contributed by atoms with van der Waals surface area (Å²) in [5.41, 5.74) is -2.12. The second kappa shape index (κ2) is 1.34. The predicted octanol–water partition coefficient (Wildman–Crippen LogP) is -0.0849. The molecule has 2 saturated heterocycles. The molecule has 3 fully saturated rings. The fourth-order valence-electron chi connectivity index (χ4n) is 1.83. The Morgan fingerprint density at radius 2 is 2.20 bits per heavy atom. The van der Waals surface area contributed by atoms with Gasteiger partial charge in [-0.15, -0.1) is 0 Å². The molecule has 3 rings (SSSR count). The lowest BCUT2D eigenvalue weighted by atomic mass is 9.71. The van der Waals surface area contributed by atoms with Crippen LogP contribution in [0.15, 0.2) is 0 Å². The molecule has 0 aromatic carbocycles. The van der Waals surface area contributed by atoms with Crippen LogP contribution in [0, 0.1) is 0 Å². The molecule has 0 amide bonds. The van der Waals surface area contributed by atoms with Crippen LogP contribution in [0.3, 0.4) is 0 Å². The van der Waals surface area contributed by atoms with Crippen LogP contribution < -0.4 is 5.32 Å². The highest BCUT2D eigenvalue weighted by Crippen LogP contribution is 2.49. The van der Waals surface area contributed by atoms with Crippen LogP contribution in [-0.2, 0) is 4.79 Å². The smallest absolute Gasteiger partial charge is 0.324 e. The van der Waals surface area contributed by atoms with E-state index in [0.29, 0.717) is 0 Å². The van der Waals surface area contributed by atoms with Gasteiger partial charge in [0, 0.05) is 19.4 Å². The number of fused-ring (bicyclic) bond motifs is 1. The summed E-state index contributed by atoms with van der Waals surface area (Å²) in [6, 6.07) is 0. The van der Waals surface area contributed by atoms with Crippen LogP contribution in [0.4, 0.5) is 4.39 Å². The molecule has 0 spiro atoms. The number of carbonyl (C=O) groups is 1. The van der Waals surface area contributed by atoms with E-state index in [-0.39, 0.29) is 19.4 Å². The number of halogens is 1. The van der Waals surface area contributed by atoms with Gasteiger partial charge in [-0.05, 0) is 0 Å². The Kier molecular flexibility index (Phi) is 0.819. The van der Waals surface area contributed by atoms with Gasteiger partial charge in [0.05, 0.1) is 0 Å². The number of alkyl halides is 1. The lowest BCUT2D eigenvalue weighted by Crippen LogP contribution is -2.55. The molecule has 0 aromatic heterocycles. The van der Waals surface area contributed by atoms with Crippen LogP contribution in [0.2, 0.25) is 0 Å². The first kappa shape index (κ1) is 6.09. The topological polar surface area (TPSA) is 49.3 Å². The summed E-state index contributed by atoms with van der Waals surface area (Å²) in [5, 5.41) is 11.3. The summed E-state index contributed by atoms with van der Waals surface area (Å²) in [5.74, 6) is -0.918. The number of carboxylic acids is 1. The normalized spacial score (nSPS) is 50.5. The number of carboxylic acid groups (broad SMARTS) is 1. The minimum Gasteiger partial charge on any atom is -0.480 e.